The number of amides is 1. The van der Waals surface area contributed by atoms with Crippen LogP contribution in [0, 0.1) is 0 Å². The standard InChI is InChI=1S/C18H19ClN2O5S2/c1-12(22)20-11-27-10-17(18(23)24)21-28(25,26)16-8-4-14(5-9-16)13-2-6-15(19)7-3-13/h2-9,17,21H,10-11H2,1H3,(H,20,22)(H,23,24)/t17-/m1/s1. The minimum Gasteiger partial charge on any atom is -0.480 e. The van der Waals surface area contributed by atoms with Gasteiger partial charge in [0, 0.05) is 17.7 Å². The monoisotopic (exact) mass is 442 g/mol. The molecule has 3 N–H and O–H groups in total. The van der Waals surface area contributed by atoms with Crippen LogP contribution in [0.2, 0.25) is 5.02 Å². The summed E-state index contributed by atoms with van der Waals surface area (Å²) in [6.45, 7) is 1.34. The van der Waals surface area contributed by atoms with E-state index in [9.17, 15) is 23.1 Å². The average molecular weight is 443 g/mol. The van der Waals surface area contributed by atoms with Crippen LogP contribution in [0.1, 0.15) is 6.92 Å². The SMILES string of the molecule is CC(=O)NCSC[C@@H](NS(=O)(=O)c1ccc(-c2ccc(Cl)cc2)cc1)C(=O)O. The van der Waals surface area contributed by atoms with E-state index in [1.54, 1.807) is 24.3 Å². The van der Waals surface area contributed by atoms with Crippen LogP contribution in [0.15, 0.2) is 53.4 Å². The number of benzene rings is 2. The van der Waals surface area contributed by atoms with Crippen molar-refractivity contribution in [2.75, 3.05) is 11.6 Å². The maximum absolute atomic E-state index is 12.5. The van der Waals surface area contributed by atoms with E-state index in [1.165, 1.54) is 19.1 Å². The summed E-state index contributed by atoms with van der Waals surface area (Å²) in [7, 11) is -4.02. The van der Waals surface area contributed by atoms with Crippen LogP contribution < -0.4 is 10.0 Å². The number of nitrogens with one attached hydrogen (secondary N) is 2. The topological polar surface area (TPSA) is 113 Å². The third-order valence-electron chi connectivity index (χ3n) is 3.65. The first kappa shape index (κ1) is 22.2. The van der Waals surface area contributed by atoms with Gasteiger partial charge in [-0.25, -0.2) is 8.42 Å². The van der Waals surface area contributed by atoms with Crippen LogP contribution in [-0.2, 0) is 19.6 Å². The van der Waals surface area contributed by atoms with Gasteiger partial charge in [0.2, 0.25) is 15.9 Å². The Bertz CT molecular complexity index is 931. The number of rotatable bonds is 9. The van der Waals surface area contributed by atoms with Gasteiger partial charge in [0.1, 0.15) is 6.04 Å². The van der Waals surface area contributed by atoms with Gasteiger partial charge in [-0.15, -0.1) is 11.8 Å². The van der Waals surface area contributed by atoms with Gasteiger partial charge < -0.3 is 10.4 Å². The molecule has 150 valence electrons. The number of aliphatic carboxylic acids is 1. The predicted molar refractivity (Wildman–Crippen MR) is 110 cm³/mol. The van der Waals surface area contributed by atoms with Crippen molar-refractivity contribution >= 4 is 45.3 Å². The lowest BCUT2D eigenvalue weighted by molar-refractivity contribution is -0.138. The molecule has 0 heterocycles. The van der Waals surface area contributed by atoms with Crippen LogP contribution in [0.4, 0.5) is 0 Å². The fourth-order valence-corrected chi connectivity index (χ4v) is 4.51. The summed E-state index contributed by atoms with van der Waals surface area (Å²) in [5.74, 6) is -1.38. The molecule has 0 unspecified atom stereocenters. The van der Waals surface area contributed by atoms with E-state index in [2.05, 4.69) is 10.0 Å². The molecule has 10 heteroatoms. The number of hydrogen-bond acceptors (Lipinski definition) is 5. The van der Waals surface area contributed by atoms with Gasteiger partial charge in [-0.05, 0) is 35.4 Å². The fraction of sp³-hybridized carbons (Fsp3) is 0.222. The second kappa shape index (κ2) is 9.92. The summed E-state index contributed by atoms with van der Waals surface area (Å²) >= 11 is 6.97. The molecular weight excluding hydrogens is 424 g/mol. The van der Waals surface area contributed by atoms with Crippen LogP contribution in [0.5, 0.6) is 0 Å². The first-order valence-electron chi connectivity index (χ1n) is 8.12. The highest BCUT2D eigenvalue weighted by Crippen LogP contribution is 2.23. The van der Waals surface area contributed by atoms with Gasteiger partial charge in [0.25, 0.3) is 0 Å². The largest absolute Gasteiger partial charge is 0.480 e. The van der Waals surface area contributed by atoms with Crippen molar-refractivity contribution in [1.82, 2.24) is 10.0 Å². The number of thioether (sulfide) groups is 1. The molecule has 2 aromatic carbocycles. The number of halogens is 1. The highest BCUT2D eigenvalue weighted by atomic mass is 35.5. The Hall–Kier alpha value is -2.07. The molecule has 0 aliphatic rings. The molecule has 0 aromatic heterocycles. The second-order valence-electron chi connectivity index (χ2n) is 5.79. The zero-order chi connectivity index (χ0) is 20.7. The Kier molecular flexibility index (Phi) is 7.88. The quantitative estimate of drug-likeness (QED) is 0.406. The van der Waals surface area contributed by atoms with E-state index in [0.29, 0.717) is 5.02 Å². The van der Waals surface area contributed by atoms with E-state index in [1.807, 2.05) is 12.1 Å². The molecule has 0 radical (unpaired) electrons. The molecule has 0 bridgehead atoms. The first-order chi connectivity index (χ1) is 13.2. The predicted octanol–water partition coefficient (Wildman–Crippen LogP) is 2.57. The van der Waals surface area contributed by atoms with Crippen molar-refractivity contribution in [3.63, 3.8) is 0 Å². The molecule has 0 aliphatic carbocycles. The minimum atomic E-state index is -4.02. The molecule has 2 rings (SSSR count). The molecule has 28 heavy (non-hydrogen) atoms. The summed E-state index contributed by atoms with van der Waals surface area (Å²) < 4.78 is 27.2. The summed E-state index contributed by atoms with van der Waals surface area (Å²) in [4.78, 5) is 22.2. The van der Waals surface area contributed by atoms with Crippen molar-refractivity contribution in [2.24, 2.45) is 0 Å². The highest BCUT2D eigenvalue weighted by molar-refractivity contribution is 7.99. The van der Waals surface area contributed by atoms with Gasteiger partial charge >= 0.3 is 5.97 Å². The highest BCUT2D eigenvalue weighted by Gasteiger charge is 2.25. The van der Waals surface area contributed by atoms with Crippen molar-refractivity contribution in [3.8, 4) is 11.1 Å². The second-order valence-corrected chi connectivity index (χ2v) is 8.97. The summed E-state index contributed by atoms with van der Waals surface area (Å²) in [5.41, 5.74) is 1.68. The first-order valence-corrected chi connectivity index (χ1v) is 11.1. The number of carbonyl (C=O) groups is 2. The Morgan fingerprint density at radius 1 is 1.07 bits per heavy atom. The number of hydrogen-bond donors (Lipinski definition) is 3. The summed E-state index contributed by atoms with van der Waals surface area (Å²) in [6, 6.07) is 11.9. The normalized spacial score (nSPS) is 12.4. The van der Waals surface area contributed by atoms with E-state index < -0.39 is 22.0 Å². The minimum absolute atomic E-state index is 0.0301. The van der Waals surface area contributed by atoms with E-state index in [-0.39, 0.29) is 22.4 Å². The lowest BCUT2D eigenvalue weighted by Crippen LogP contribution is -2.42. The van der Waals surface area contributed by atoms with Crippen LogP contribution in [-0.4, -0.2) is 43.1 Å². The number of carboxylic acid groups (broad SMARTS) is 1. The van der Waals surface area contributed by atoms with Crippen molar-refractivity contribution in [2.45, 2.75) is 17.9 Å². The molecular formula is C18H19ClN2O5S2. The third kappa shape index (κ3) is 6.52. The smallest absolute Gasteiger partial charge is 0.322 e. The molecule has 0 saturated carbocycles. The molecule has 2 aromatic rings. The van der Waals surface area contributed by atoms with E-state index >= 15 is 0 Å². The molecule has 0 aliphatic heterocycles. The molecule has 0 saturated heterocycles. The lowest BCUT2D eigenvalue weighted by Gasteiger charge is -2.15. The lowest BCUT2D eigenvalue weighted by atomic mass is 10.1. The number of sulfonamides is 1. The fourth-order valence-electron chi connectivity index (χ4n) is 2.21. The van der Waals surface area contributed by atoms with E-state index in [0.717, 1.165) is 22.9 Å². The van der Waals surface area contributed by atoms with Crippen molar-refractivity contribution < 1.29 is 23.1 Å². The zero-order valence-electron chi connectivity index (χ0n) is 14.9. The van der Waals surface area contributed by atoms with E-state index in [4.69, 9.17) is 11.6 Å². The van der Waals surface area contributed by atoms with Crippen LogP contribution in [0.25, 0.3) is 11.1 Å². The van der Waals surface area contributed by atoms with Gasteiger partial charge in [-0.3, -0.25) is 9.59 Å². The number of carboxylic acids is 1. The van der Waals surface area contributed by atoms with Crippen LogP contribution in [0.3, 0.4) is 0 Å². The molecule has 1 amide bonds. The van der Waals surface area contributed by atoms with Crippen LogP contribution >= 0.6 is 23.4 Å². The third-order valence-corrected chi connectivity index (χ3v) is 6.30. The molecule has 0 fully saturated rings. The Balaban J connectivity index is 2.08. The Labute approximate surface area is 172 Å². The molecule has 0 spiro atoms. The Morgan fingerprint density at radius 2 is 1.61 bits per heavy atom. The summed E-state index contributed by atoms with van der Waals surface area (Å²) in [5, 5.41) is 12.4. The maximum atomic E-state index is 12.5. The van der Waals surface area contributed by atoms with Gasteiger partial charge in [0.05, 0.1) is 10.8 Å². The van der Waals surface area contributed by atoms with Gasteiger partial charge in [0.15, 0.2) is 0 Å². The Morgan fingerprint density at radius 3 is 2.11 bits per heavy atom. The number of carbonyl (C=O) groups excluding carboxylic acids is 1. The van der Waals surface area contributed by atoms with Gasteiger partial charge in [-0.2, -0.15) is 4.72 Å². The van der Waals surface area contributed by atoms with Crippen molar-refractivity contribution in [1.29, 1.82) is 0 Å². The molecule has 7 nitrogen and oxygen atoms in total. The maximum Gasteiger partial charge on any atom is 0.322 e. The zero-order valence-corrected chi connectivity index (χ0v) is 17.3. The average Bonchev–Trinajstić information content (AvgIpc) is 2.64. The van der Waals surface area contributed by atoms with Crippen molar-refractivity contribution in [3.05, 3.63) is 53.6 Å². The molecule has 1 atom stereocenters. The summed E-state index contributed by atoms with van der Waals surface area (Å²) in [6.07, 6.45) is 0. The van der Waals surface area contributed by atoms with Gasteiger partial charge in [-0.1, -0.05) is 35.9 Å².